The van der Waals surface area contributed by atoms with Crippen molar-refractivity contribution in [2.75, 3.05) is 0 Å². The van der Waals surface area contributed by atoms with Gasteiger partial charge in [0.05, 0.1) is 5.92 Å². The lowest BCUT2D eigenvalue weighted by Crippen LogP contribution is -2.47. The molecule has 3 nitrogen and oxygen atoms in total. The van der Waals surface area contributed by atoms with Crippen LogP contribution in [-0.2, 0) is 11.2 Å². The lowest BCUT2D eigenvalue weighted by molar-refractivity contribution is -0.127. The van der Waals surface area contributed by atoms with Crippen LogP contribution in [0, 0.1) is 31.6 Å². The van der Waals surface area contributed by atoms with E-state index < -0.39 is 0 Å². The van der Waals surface area contributed by atoms with Crippen LogP contribution in [0.3, 0.4) is 0 Å². The molecule has 0 radical (unpaired) electrons. The first-order chi connectivity index (χ1) is 10.4. The number of aryl methyl sites for hydroxylation is 2. The number of amides is 1. The first kappa shape index (κ1) is 15.5. The molecular weight excluding hydrogens is 272 g/mol. The highest BCUT2D eigenvalue weighted by Crippen LogP contribution is 2.47. The Balaban J connectivity index is 1.59. The van der Waals surface area contributed by atoms with Crippen LogP contribution in [0.2, 0.25) is 0 Å². The van der Waals surface area contributed by atoms with Crippen LogP contribution >= 0.6 is 0 Å². The molecule has 0 saturated heterocycles. The van der Waals surface area contributed by atoms with Gasteiger partial charge in [-0.25, -0.2) is 0 Å². The fourth-order valence-electron chi connectivity index (χ4n) is 4.66. The van der Waals surface area contributed by atoms with Gasteiger partial charge in [-0.1, -0.05) is 29.3 Å². The summed E-state index contributed by atoms with van der Waals surface area (Å²) in [6.07, 6.45) is 4.44. The van der Waals surface area contributed by atoms with E-state index in [1.165, 1.54) is 29.5 Å². The van der Waals surface area contributed by atoms with E-state index >= 15 is 0 Å². The average molecular weight is 300 g/mol. The molecule has 5 unspecified atom stereocenters. The van der Waals surface area contributed by atoms with Gasteiger partial charge in [0.25, 0.3) is 0 Å². The van der Waals surface area contributed by atoms with Gasteiger partial charge >= 0.3 is 0 Å². The predicted molar refractivity (Wildman–Crippen MR) is 89.5 cm³/mol. The van der Waals surface area contributed by atoms with Crippen LogP contribution in [0.15, 0.2) is 18.2 Å². The summed E-state index contributed by atoms with van der Waals surface area (Å²) >= 11 is 0. The van der Waals surface area contributed by atoms with Gasteiger partial charge in [0.1, 0.15) is 0 Å². The normalized spacial score (nSPS) is 31.3. The number of carbonyl (C=O) groups excluding carboxylic acids is 1. The lowest BCUT2D eigenvalue weighted by Gasteiger charge is -2.28. The van der Waals surface area contributed by atoms with Crippen molar-refractivity contribution in [2.24, 2.45) is 23.5 Å². The Hall–Kier alpha value is -1.35. The van der Waals surface area contributed by atoms with Gasteiger partial charge in [0.15, 0.2) is 0 Å². The van der Waals surface area contributed by atoms with Gasteiger partial charge in [0.2, 0.25) is 5.91 Å². The fourth-order valence-corrected chi connectivity index (χ4v) is 4.66. The Morgan fingerprint density at radius 1 is 1.23 bits per heavy atom. The van der Waals surface area contributed by atoms with E-state index in [-0.39, 0.29) is 23.9 Å². The number of hydrogen-bond donors (Lipinski definition) is 2. The average Bonchev–Trinajstić information content (AvgIpc) is 2.97. The van der Waals surface area contributed by atoms with Gasteiger partial charge < -0.3 is 11.1 Å². The van der Waals surface area contributed by atoms with Crippen molar-refractivity contribution < 1.29 is 4.79 Å². The minimum Gasteiger partial charge on any atom is -0.353 e. The molecule has 0 heterocycles. The number of fused-ring (bicyclic) bond motifs is 2. The molecule has 5 atom stereocenters. The van der Waals surface area contributed by atoms with Crippen molar-refractivity contribution in [2.45, 2.75) is 58.5 Å². The Kier molecular flexibility index (Phi) is 4.26. The summed E-state index contributed by atoms with van der Waals surface area (Å²) < 4.78 is 0. The topological polar surface area (TPSA) is 55.1 Å². The van der Waals surface area contributed by atoms with E-state index in [9.17, 15) is 4.79 Å². The molecule has 1 amide bonds. The van der Waals surface area contributed by atoms with Crippen molar-refractivity contribution in [3.05, 3.63) is 34.9 Å². The van der Waals surface area contributed by atoms with Gasteiger partial charge in [0, 0.05) is 12.1 Å². The SMILES string of the molecule is Cc1cc(C)cc(CC(C)NC(=O)C2C3CCC(C3)C2N)c1. The molecule has 0 aliphatic heterocycles. The fraction of sp³-hybridized carbons (Fsp3) is 0.632. The smallest absolute Gasteiger partial charge is 0.225 e. The Morgan fingerprint density at radius 2 is 1.86 bits per heavy atom. The zero-order chi connectivity index (χ0) is 15.9. The summed E-state index contributed by atoms with van der Waals surface area (Å²) in [6.45, 7) is 6.33. The van der Waals surface area contributed by atoms with E-state index in [2.05, 4.69) is 44.3 Å². The second-order valence-corrected chi connectivity index (χ2v) is 7.55. The highest BCUT2D eigenvalue weighted by atomic mass is 16.2. The van der Waals surface area contributed by atoms with Gasteiger partial charge in [-0.2, -0.15) is 0 Å². The van der Waals surface area contributed by atoms with Crippen molar-refractivity contribution in [3.8, 4) is 0 Å². The summed E-state index contributed by atoms with van der Waals surface area (Å²) in [6, 6.07) is 6.82. The van der Waals surface area contributed by atoms with Crippen LogP contribution in [0.4, 0.5) is 0 Å². The molecule has 1 aromatic rings. The maximum atomic E-state index is 12.6. The largest absolute Gasteiger partial charge is 0.353 e. The second kappa shape index (κ2) is 6.04. The third-order valence-corrected chi connectivity index (χ3v) is 5.50. The van der Waals surface area contributed by atoms with Crippen LogP contribution in [0.25, 0.3) is 0 Å². The van der Waals surface area contributed by atoms with E-state index in [0.717, 1.165) is 12.8 Å². The van der Waals surface area contributed by atoms with Gasteiger partial charge in [-0.15, -0.1) is 0 Å². The molecule has 0 spiro atoms. The number of hydrogen-bond acceptors (Lipinski definition) is 2. The first-order valence-corrected chi connectivity index (χ1v) is 8.57. The van der Waals surface area contributed by atoms with Crippen molar-refractivity contribution in [1.82, 2.24) is 5.32 Å². The summed E-state index contributed by atoms with van der Waals surface area (Å²) in [5.74, 6) is 1.32. The predicted octanol–water partition coefficient (Wildman–Crippen LogP) is 2.72. The molecule has 0 aromatic heterocycles. The highest BCUT2D eigenvalue weighted by molar-refractivity contribution is 5.80. The molecule has 1 aromatic carbocycles. The van der Waals surface area contributed by atoms with E-state index in [0.29, 0.717) is 11.8 Å². The van der Waals surface area contributed by atoms with Crippen LogP contribution in [-0.4, -0.2) is 18.0 Å². The third-order valence-electron chi connectivity index (χ3n) is 5.50. The number of carbonyl (C=O) groups is 1. The van der Waals surface area contributed by atoms with E-state index in [1.807, 2.05) is 0 Å². The zero-order valence-electron chi connectivity index (χ0n) is 13.9. The molecule has 3 heteroatoms. The molecule has 120 valence electrons. The summed E-state index contributed by atoms with van der Waals surface area (Å²) in [7, 11) is 0. The minimum atomic E-state index is 0.0421. The molecule has 2 bridgehead atoms. The second-order valence-electron chi connectivity index (χ2n) is 7.55. The third kappa shape index (κ3) is 3.05. The summed E-state index contributed by atoms with van der Waals surface area (Å²) in [4.78, 5) is 12.6. The standard InChI is InChI=1S/C19H28N2O/c1-11-6-12(2)8-14(7-11)9-13(3)21-19(22)17-15-4-5-16(10-15)18(17)20/h6-8,13,15-18H,4-5,9-10,20H2,1-3H3,(H,21,22). The number of nitrogens with two attached hydrogens (primary N) is 1. The Morgan fingerprint density at radius 3 is 2.45 bits per heavy atom. The Labute approximate surface area is 133 Å². The van der Waals surface area contributed by atoms with Gasteiger partial charge in [-0.3, -0.25) is 4.79 Å². The molecular formula is C19H28N2O. The quantitative estimate of drug-likeness (QED) is 0.898. The molecule has 2 aliphatic rings. The van der Waals surface area contributed by atoms with Crippen molar-refractivity contribution in [1.29, 1.82) is 0 Å². The van der Waals surface area contributed by atoms with Crippen LogP contribution in [0.5, 0.6) is 0 Å². The molecule has 22 heavy (non-hydrogen) atoms. The van der Waals surface area contributed by atoms with Crippen molar-refractivity contribution in [3.63, 3.8) is 0 Å². The molecule has 2 fully saturated rings. The van der Waals surface area contributed by atoms with E-state index in [1.54, 1.807) is 0 Å². The monoisotopic (exact) mass is 300 g/mol. The highest BCUT2D eigenvalue weighted by Gasteiger charge is 2.49. The first-order valence-electron chi connectivity index (χ1n) is 8.57. The summed E-state index contributed by atoms with van der Waals surface area (Å²) in [5.41, 5.74) is 10.1. The van der Waals surface area contributed by atoms with E-state index in [4.69, 9.17) is 5.73 Å². The molecule has 3 N–H and O–H groups in total. The number of nitrogens with one attached hydrogen (secondary N) is 1. The Bertz CT molecular complexity index is 546. The van der Waals surface area contributed by atoms with Crippen LogP contribution < -0.4 is 11.1 Å². The maximum absolute atomic E-state index is 12.6. The molecule has 3 rings (SSSR count). The van der Waals surface area contributed by atoms with Crippen molar-refractivity contribution >= 4 is 5.91 Å². The lowest BCUT2D eigenvalue weighted by atomic mass is 9.84. The molecule has 2 aliphatic carbocycles. The summed E-state index contributed by atoms with van der Waals surface area (Å²) in [5, 5.41) is 3.21. The van der Waals surface area contributed by atoms with Crippen LogP contribution in [0.1, 0.15) is 42.9 Å². The minimum absolute atomic E-state index is 0.0421. The zero-order valence-corrected chi connectivity index (χ0v) is 13.9. The number of benzene rings is 1. The molecule has 2 saturated carbocycles. The number of rotatable bonds is 4. The van der Waals surface area contributed by atoms with Gasteiger partial charge in [-0.05, 0) is 63.9 Å². The maximum Gasteiger partial charge on any atom is 0.225 e.